The number of nitrogens with one attached hydrogen (secondary N) is 1. The molecule has 2 aliphatic rings. The van der Waals surface area contributed by atoms with Crippen LogP contribution in [0.15, 0.2) is 96.6 Å². The predicted molar refractivity (Wildman–Crippen MR) is 93.3 cm³/mol. The van der Waals surface area contributed by atoms with Gasteiger partial charge in [0.05, 0.1) is 12.7 Å². The summed E-state index contributed by atoms with van der Waals surface area (Å²) in [5, 5.41) is 0. The van der Waals surface area contributed by atoms with Crippen molar-refractivity contribution < 1.29 is 4.90 Å². The van der Waals surface area contributed by atoms with Gasteiger partial charge in [0.2, 0.25) is 5.82 Å². The Morgan fingerprint density at radius 1 is 0.870 bits per heavy atom. The highest BCUT2D eigenvalue weighted by molar-refractivity contribution is 5.25. The zero-order chi connectivity index (χ0) is 15.5. The molecule has 0 aromatic heterocycles. The SMILES string of the molecule is C1=CC[NH+]2C(Cc3ccccc3)=CN(Cc3ccccc3)C2=C1. The lowest BCUT2D eigenvalue weighted by atomic mass is 10.1. The molecule has 2 aromatic rings. The molecule has 114 valence electrons. The Labute approximate surface area is 137 Å². The van der Waals surface area contributed by atoms with Gasteiger partial charge in [-0.05, 0) is 17.2 Å². The molecule has 2 nitrogen and oxygen atoms in total. The van der Waals surface area contributed by atoms with Crippen LogP contribution in [0.2, 0.25) is 0 Å². The molecular formula is C21H21N2+. The average Bonchev–Trinajstić information content (AvgIpc) is 2.95. The maximum absolute atomic E-state index is 2.40. The summed E-state index contributed by atoms with van der Waals surface area (Å²) >= 11 is 0. The third kappa shape index (κ3) is 2.99. The third-order valence-electron chi connectivity index (χ3n) is 4.46. The van der Waals surface area contributed by atoms with E-state index in [2.05, 4.69) is 90.0 Å². The van der Waals surface area contributed by atoms with Gasteiger partial charge in [0, 0.05) is 12.5 Å². The summed E-state index contributed by atoms with van der Waals surface area (Å²) in [5.74, 6) is 1.36. The maximum Gasteiger partial charge on any atom is 0.211 e. The fraction of sp³-hybridized carbons (Fsp3) is 0.143. The molecule has 1 N–H and O–H groups in total. The first-order valence-corrected chi connectivity index (χ1v) is 8.19. The van der Waals surface area contributed by atoms with Crippen LogP contribution in [0, 0.1) is 0 Å². The first-order valence-electron chi connectivity index (χ1n) is 8.19. The van der Waals surface area contributed by atoms with Crippen molar-refractivity contribution in [1.82, 2.24) is 4.90 Å². The van der Waals surface area contributed by atoms with Gasteiger partial charge >= 0.3 is 0 Å². The number of allylic oxidation sites excluding steroid dienone is 3. The van der Waals surface area contributed by atoms with Crippen molar-refractivity contribution in [3.05, 3.63) is 108 Å². The molecule has 2 aromatic carbocycles. The molecule has 0 bridgehead atoms. The number of hydrogen-bond acceptors (Lipinski definition) is 1. The van der Waals surface area contributed by atoms with E-state index in [1.807, 2.05) is 0 Å². The predicted octanol–water partition coefficient (Wildman–Crippen LogP) is 2.88. The van der Waals surface area contributed by atoms with Crippen molar-refractivity contribution in [2.45, 2.75) is 13.0 Å². The number of fused-ring (bicyclic) bond motifs is 1. The van der Waals surface area contributed by atoms with Gasteiger partial charge in [-0.1, -0.05) is 66.7 Å². The molecule has 0 spiro atoms. The lowest BCUT2D eigenvalue weighted by molar-refractivity contribution is -0.816. The second-order valence-corrected chi connectivity index (χ2v) is 6.09. The third-order valence-corrected chi connectivity index (χ3v) is 4.46. The van der Waals surface area contributed by atoms with E-state index in [1.165, 1.54) is 27.5 Å². The molecule has 0 fully saturated rings. The molecule has 0 saturated heterocycles. The van der Waals surface area contributed by atoms with Crippen molar-refractivity contribution in [2.24, 2.45) is 0 Å². The van der Waals surface area contributed by atoms with Crippen LogP contribution in [0.3, 0.4) is 0 Å². The number of benzene rings is 2. The Balaban J connectivity index is 1.60. The quantitative estimate of drug-likeness (QED) is 0.912. The van der Waals surface area contributed by atoms with Crippen molar-refractivity contribution in [3.8, 4) is 0 Å². The van der Waals surface area contributed by atoms with E-state index in [4.69, 9.17) is 0 Å². The van der Waals surface area contributed by atoms with Gasteiger partial charge in [0.15, 0.2) is 0 Å². The molecule has 2 heteroatoms. The molecule has 1 atom stereocenters. The normalized spacial score (nSPS) is 19.3. The van der Waals surface area contributed by atoms with Crippen LogP contribution in [0.25, 0.3) is 0 Å². The summed E-state index contributed by atoms with van der Waals surface area (Å²) in [6.45, 7) is 1.97. The van der Waals surface area contributed by atoms with Gasteiger partial charge in [0.25, 0.3) is 0 Å². The summed E-state index contributed by atoms with van der Waals surface area (Å²) in [6, 6.07) is 21.4. The molecule has 0 aliphatic carbocycles. The Morgan fingerprint density at radius 2 is 1.57 bits per heavy atom. The fourth-order valence-electron chi connectivity index (χ4n) is 3.33. The second-order valence-electron chi connectivity index (χ2n) is 6.09. The van der Waals surface area contributed by atoms with E-state index in [1.54, 1.807) is 0 Å². The molecule has 0 amide bonds. The number of quaternary nitrogens is 1. The number of rotatable bonds is 4. The van der Waals surface area contributed by atoms with Crippen LogP contribution in [0.5, 0.6) is 0 Å². The summed E-state index contributed by atoms with van der Waals surface area (Å²) in [4.78, 5) is 3.87. The topological polar surface area (TPSA) is 7.68 Å². The van der Waals surface area contributed by atoms with E-state index in [0.29, 0.717) is 0 Å². The Hall–Kier alpha value is -2.58. The average molecular weight is 301 g/mol. The minimum atomic E-state index is 0.933. The highest BCUT2D eigenvalue weighted by Crippen LogP contribution is 2.18. The lowest BCUT2D eigenvalue weighted by Crippen LogP contribution is -3.08. The van der Waals surface area contributed by atoms with E-state index in [9.17, 15) is 0 Å². The van der Waals surface area contributed by atoms with Gasteiger partial charge in [0.1, 0.15) is 12.2 Å². The fourth-order valence-corrected chi connectivity index (χ4v) is 3.33. The van der Waals surface area contributed by atoms with Crippen LogP contribution in [0.4, 0.5) is 0 Å². The van der Waals surface area contributed by atoms with Crippen LogP contribution in [-0.4, -0.2) is 11.4 Å². The summed E-state index contributed by atoms with van der Waals surface area (Å²) < 4.78 is 0. The smallest absolute Gasteiger partial charge is 0.211 e. The van der Waals surface area contributed by atoms with Crippen molar-refractivity contribution in [2.75, 3.05) is 6.54 Å². The molecule has 4 rings (SSSR count). The first-order chi connectivity index (χ1) is 11.4. The van der Waals surface area contributed by atoms with Gasteiger partial charge in [-0.3, -0.25) is 9.80 Å². The monoisotopic (exact) mass is 301 g/mol. The summed E-state index contributed by atoms with van der Waals surface area (Å²) in [7, 11) is 0. The molecule has 0 radical (unpaired) electrons. The van der Waals surface area contributed by atoms with Gasteiger partial charge in [-0.15, -0.1) is 0 Å². The van der Waals surface area contributed by atoms with Gasteiger partial charge < -0.3 is 0 Å². The highest BCUT2D eigenvalue weighted by atomic mass is 15.4. The second kappa shape index (κ2) is 6.27. The van der Waals surface area contributed by atoms with Crippen LogP contribution in [-0.2, 0) is 13.0 Å². The Bertz CT molecular complexity index is 757. The number of hydrogen-bond donors (Lipinski definition) is 1. The zero-order valence-corrected chi connectivity index (χ0v) is 13.2. The van der Waals surface area contributed by atoms with Crippen LogP contribution >= 0.6 is 0 Å². The van der Waals surface area contributed by atoms with E-state index < -0.39 is 0 Å². The Morgan fingerprint density at radius 3 is 2.30 bits per heavy atom. The molecule has 2 aliphatic heterocycles. The maximum atomic E-state index is 2.40. The van der Waals surface area contributed by atoms with E-state index >= 15 is 0 Å². The van der Waals surface area contributed by atoms with E-state index in [-0.39, 0.29) is 0 Å². The highest BCUT2D eigenvalue weighted by Gasteiger charge is 2.32. The van der Waals surface area contributed by atoms with Crippen LogP contribution < -0.4 is 4.90 Å². The largest absolute Gasteiger partial charge is 0.294 e. The number of nitrogens with zero attached hydrogens (tertiary/aromatic N) is 1. The Kier molecular flexibility index (Phi) is 3.83. The first kappa shape index (κ1) is 14.0. The van der Waals surface area contributed by atoms with Crippen molar-refractivity contribution in [1.29, 1.82) is 0 Å². The zero-order valence-electron chi connectivity index (χ0n) is 13.2. The van der Waals surface area contributed by atoms with Crippen molar-refractivity contribution >= 4 is 0 Å². The van der Waals surface area contributed by atoms with Gasteiger partial charge in [-0.2, -0.15) is 0 Å². The molecule has 2 heterocycles. The standard InChI is InChI=1S/C21H20N2/c1-3-9-18(10-4-1)15-20-17-22(16-19-11-5-2-6-12-19)21-13-7-8-14-23(20)21/h1-13,17H,14-16H2/p+1. The molecule has 0 saturated carbocycles. The molecule has 23 heavy (non-hydrogen) atoms. The van der Waals surface area contributed by atoms with Crippen LogP contribution in [0.1, 0.15) is 11.1 Å². The summed E-state index contributed by atoms with van der Waals surface area (Å²) in [5.41, 5.74) is 4.17. The van der Waals surface area contributed by atoms with Crippen molar-refractivity contribution in [3.63, 3.8) is 0 Å². The van der Waals surface area contributed by atoms with E-state index in [0.717, 1.165) is 19.5 Å². The van der Waals surface area contributed by atoms with Gasteiger partial charge in [-0.25, -0.2) is 0 Å². The lowest BCUT2D eigenvalue weighted by Gasteiger charge is -2.22. The molecular weight excluding hydrogens is 280 g/mol. The minimum Gasteiger partial charge on any atom is -0.294 e. The minimum absolute atomic E-state index is 0.933. The summed E-state index contributed by atoms with van der Waals surface area (Å²) in [6.07, 6.45) is 10.0. The molecule has 1 unspecified atom stereocenters.